The Labute approximate surface area is 483 Å². The third-order valence-electron chi connectivity index (χ3n) is 19.7. The summed E-state index contributed by atoms with van der Waals surface area (Å²) in [6.45, 7) is 14.1. The Balaban J connectivity index is 1.04. The van der Waals surface area contributed by atoms with Crippen LogP contribution >= 0.6 is 0 Å². The fourth-order valence-corrected chi connectivity index (χ4v) is 16.6. The van der Waals surface area contributed by atoms with Crippen molar-refractivity contribution >= 4 is 38.1 Å². The molecule has 83 heavy (non-hydrogen) atoms. The highest BCUT2D eigenvalue weighted by atomic mass is 15.0. The van der Waals surface area contributed by atoms with Crippen LogP contribution in [0.5, 0.6) is 0 Å². The second-order valence-electron chi connectivity index (χ2n) is 25.8. The van der Waals surface area contributed by atoms with Crippen LogP contribution in [0.1, 0.15) is 97.4 Å². The number of aromatic nitrogens is 3. The van der Waals surface area contributed by atoms with E-state index in [-0.39, 0.29) is 10.8 Å². The van der Waals surface area contributed by atoms with E-state index in [1.807, 2.05) is 0 Å². The first-order valence-corrected chi connectivity index (χ1v) is 29.5. The molecule has 3 heteroatoms. The second-order valence-corrected chi connectivity index (χ2v) is 25.8. The van der Waals surface area contributed by atoms with E-state index in [4.69, 9.17) is 9.97 Å². The van der Waals surface area contributed by atoms with Gasteiger partial charge in [0, 0.05) is 32.7 Å². The predicted octanol–water partition coefficient (Wildman–Crippen LogP) is 19.9. The summed E-state index contributed by atoms with van der Waals surface area (Å²) in [6, 6.07) is 85.0. The van der Waals surface area contributed by atoms with Crippen molar-refractivity contribution in [2.45, 2.75) is 63.2 Å². The Morgan fingerprint density at radius 1 is 0.313 bits per heavy atom. The molecule has 0 atom stereocenters. The van der Waals surface area contributed by atoms with Gasteiger partial charge >= 0.3 is 0 Å². The van der Waals surface area contributed by atoms with Crippen LogP contribution in [0.15, 0.2) is 237 Å². The monoisotopic (exact) mass is 1060 g/mol. The lowest BCUT2D eigenvalue weighted by Gasteiger charge is -2.29. The number of benzene rings is 10. The number of fused-ring (bicyclic) bond motifs is 28. The number of hydrogen-bond donors (Lipinski definition) is 0. The van der Waals surface area contributed by atoms with Crippen molar-refractivity contribution < 1.29 is 0 Å². The molecule has 18 rings (SSSR count). The summed E-state index contributed by atoms with van der Waals surface area (Å²) in [5, 5.41) is 4.90. The van der Waals surface area contributed by atoms with Gasteiger partial charge in [-0.25, -0.2) is 0 Å². The van der Waals surface area contributed by atoms with E-state index in [2.05, 4.69) is 283 Å². The van der Waals surface area contributed by atoms with Crippen LogP contribution < -0.4 is 0 Å². The molecule has 4 aromatic heterocycles. The summed E-state index contributed by atoms with van der Waals surface area (Å²) < 4.78 is 2.56. The van der Waals surface area contributed by atoms with Gasteiger partial charge in [-0.1, -0.05) is 254 Å². The first kappa shape index (κ1) is 47.0. The van der Waals surface area contributed by atoms with Gasteiger partial charge in [-0.15, -0.1) is 0 Å². The minimum Gasteiger partial charge on any atom is -0.305 e. The molecule has 0 bridgehead atoms. The average molecular weight is 1060 g/mol. The quantitative estimate of drug-likeness (QED) is 0.177. The molecule has 0 N–H and O–H groups in total. The standard InChI is InChI=1S/C80H57N3/c1-77(2,3)58-34-16-10-30-52(58)54-32-22-40-64-68(54)72-70-56-42-47(46-24-8-7-9-25-46)43-57-71-67(83(74(56)57)66(70)44-81-75(72)79(64)60-36-18-12-26-48(60)49-27-13-19-37-61(49)79)45-82-76-73(71)69-55(53-31-11-17-35-59(53)78(4,5)6)33-23-41-65(69)80(76)62-38-20-14-28-50(62)51-29-15-21-39-63(51)80/h7-45H,1-6H3. The number of pyridine rings is 2. The van der Waals surface area contributed by atoms with Crippen LogP contribution in [0, 0.1) is 0 Å². The molecule has 0 unspecified atom stereocenters. The maximum atomic E-state index is 5.98. The van der Waals surface area contributed by atoms with Gasteiger partial charge in [-0.3, -0.25) is 9.97 Å². The SMILES string of the molecule is CC(C)(C)c1ccccc1-c1cccc2c1-c1c(ncc3c1c1cc(-c4ccccc4)cc4c5c6c(ncc5n3c14)C1(c3ccccc3-c3ccccc31)c1cccc(-c3ccccc3C(C)(C)C)c1-6)C21c2ccccc2-c2ccccc21. The highest BCUT2D eigenvalue weighted by molar-refractivity contribution is 6.31. The molecule has 4 heterocycles. The third-order valence-corrected chi connectivity index (χ3v) is 19.7. The fourth-order valence-electron chi connectivity index (χ4n) is 16.6. The Kier molecular flexibility index (Phi) is 9.09. The molecule has 14 aromatic rings. The molecular weight excluding hydrogens is 1000 g/mol. The number of rotatable bonds is 3. The summed E-state index contributed by atoms with van der Waals surface area (Å²) in [6.07, 6.45) is 4.46. The molecule has 4 aliphatic rings. The van der Waals surface area contributed by atoms with Gasteiger partial charge < -0.3 is 4.40 Å². The number of nitrogens with zero attached hydrogens (tertiary/aromatic N) is 3. The predicted molar refractivity (Wildman–Crippen MR) is 343 cm³/mol. The van der Waals surface area contributed by atoms with E-state index in [0.717, 1.165) is 22.4 Å². The largest absolute Gasteiger partial charge is 0.305 e. The van der Waals surface area contributed by atoms with Crippen LogP contribution in [0.4, 0.5) is 0 Å². The average Bonchev–Trinajstić information content (AvgIpc) is 1.59. The molecule has 0 amide bonds. The van der Waals surface area contributed by atoms with Crippen molar-refractivity contribution in [3.63, 3.8) is 0 Å². The molecule has 0 saturated carbocycles. The Morgan fingerprint density at radius 3 is 1.05 bits per heavy atom. The zero-order valence-electron chi connectivity index (χ0n) is 47.4. The van der Waals surface area contributed by atoms with Crippen LogP contribution in [0.3, 0.4) is 0 Å². The maximum absolute atomic E-state index is 5.98. The van der Waals surface area contributed by atoms with Gasteiger partial charge in [0.15, 0.2) is 0 Å². The fraction of sp³-hybridized carbons (Fsp3) is 0.125. The molecular formula is C80H57N3. The van der Waals surface area contributed by atoms with E-state index in [0.29, 0.717) is 0 Å². The molecule has 0 fully saturated rings. The van der Waals surface area contributed by atoms with Crippen LogP contribution in [-0.4, -0.2) is 14.4 Å². The van der Waals surface area contributed by atoms with E-state index in [9.17, 15) is 0 Å². The topological polar surface area (TPSA) is 30.2 Å². The summed E-state index contributed by atoms with van der Waals surface area (Å²) in [4.78, 5) is 12.0. The lowest BCUT2D eigenvalue weighted by molar-refractivity contribution is 0.591. The zero-order chi connectivity index (χ0) is 55.5. The van der Waals surface area contributed by atoms with Crippen LogP contribution in [0.25, 0.3) is 116 Å². The molecule has 2 spiro atoms. The lowest BCUT2D eigenvalue weighted by Crippen LogP contribution is -2.27. The zero-order valence-corrected chi connectivity index (χ0v) is 47.4. The Morgan fingerprint density at radius 2 is 0.651 bits per heavy atom. The maximum Gasteiger partial charge on any atom is 0.0898 e. The summed E-state index contributed by atoms with van der Waals surface area (Å²) >= 11 is 0. The van der Waals surface area contributed by atoms with Crippen LogP contribution in [0.2, 0.25) is 0 Å². The normalized spacial score (nSPS) is 14.6. The molecule has 4 aliphatic carbocycles. The van der Waals surface area contributed by atoms with Crippen molar-refractivity contribution in [3.05, 3.63) is 293 Å². The molecule has 0 aliphatic heterocycles. The summed E-state index contributed by atoms with van der Waals surface area (Å²) in [7, 11) is 0. The minimum absolute atomic E-state index is 0.114. The number of hydrogen-bond acceptors (Lipinski definition) is 2. The summed E-state index contributed by atoms with van der Waals surface area (Å²) in [5.41, 5.74) is 31.7. The van der Waals surface area contributed by atoms with E-state index < -0.39 is 10.8 Å². The first-order valence-electron chi connectivity index (χ1n) is 29.5. The van der Waals surface area contributed by atoms with Gasteiger partial charge in [0.2, 0.25) is 0 Å². The highest BCUT2D eigenvalue weighted by Crippen LogP contribution is 2.68. The summed E-state index contributed by atoms with van der Waals surface area (Å²) in [5.74, 6) is 0. The Bertz CT molecular complexity index is 4780. The van der Waals surface area contributed by atoms with E-state index in [1.54, 1.807) is 0 Å². The van der Waals surface area contributed by atoms with Crippen molar-refractivity contribution in [1.82, 2.24) is 14.4 Å². The second kappa shape index (κ2) is 16.1. The highest BCUT2D eigenvalue weighted by Gasteiger charge is 2.56. The van der Waals surface area contributed by atoms with Gasteiger partial charge in [-0.2, -0.15) is 0 Å². The van der Waals surface area contributed by atoms with Crippen molar-refractivity contribution in [3.8, 4) is 77.9 Å². The Hall–Kier alpha value is -9.70. The molecule has 3 nitrogen and oxygen atoms in total. The van der Waals surface area contributed by atoms with Crippen molar-refractivity contribution in [2.75, 3.05) is 0 Å². The smallest absolute Gasteiger partial charge is 0.0898 e. The third kappa shape index (κ3) is 5.70. The van der Waals surface area contributed by atoms with E-state index in [1.165, 1.54) is 149 Å². The molecule has 0 radical (unpaired) electrons. The van der Waals surface area contributed by atoms with Gasteiger partial charge in [-0.05, 0) is 134 Å². The van der Waals surface area contributed by atoms with Gasteiger partial charge in [0.1, 0.15) is 0 Å². The molecule has 10 aromatic carbocycles. The lowest BCUT2D eigenvalue weighted by atomic mass is 9.72. The molecule has 392 valence electrons. The minimum atomic E-state index is -0.664. The van der Waals surface area contributed by atoms with Crippen molar-refractivity contribution in [2.24, 2.45) is 0 Å². The van der Waals surface area contributed by atoms with Gasteiger partial charge in [0.05, 0.1) is 51.2 Å². The first-order chi connectivity index (χ1) is 40.5. The van der Waals surface area contributed by atoms with Crippen LogP contribution in [-0.2, 0) is 21.7 Å². The van der Waals surface area contributed by atoms with Crippen molar-refractivity contribution in [1.29, 1.82) is 0 Å². The van der Waals surface area contributed by atoms with E-state index >= 15 is 0 Å². The molecule has 0 saturated heterocycles. The van der Waals surface area contributed by atoms with Gasteiger partial charge in [0.25, 0.3) is 0 Å².